The number of amides is 1. The molecule has 5 nitrogen and oxygen atoms in total. The number of hydrogen-bond donors (Lipinski definition) is 1. The second-order valence-electron chi connectivity index (χ2n) is 6.68. The maximum absolute atomic E-state index is 12.6. The Morgan fingerprint density at radius 3 is 2.64 bits per heavy atom. The van der Waals surface area contributed by atoms with E-state index in [1.807, 2.05) is 6.92 Å². The van der Waals surface area contributed by atoms with Gasteiger partial charge in [0.05, 0.1) is 17.5 Å². The molecule has 0 spiro atoms. The third-order valence-electron chi connectivity index (χ3n) is 4.91. The number of rotatable bonds is 2. The predicted octanol–water partition coefficient (Wildman–Crippen LogP) is 2.73. The van der Waals surface area contributed by atoms with Crippen molar-refractivity contribution in [1.29, 1.82) is 0 Å². The SMILES string of the molecule is CN1Cc2c(OC(=O)C3(C)CCCCC3)ccc(N)c2C1=O. The van der Waals surface area contributed by atoms with Gasteiger partial charge in [-0.15, -0.1) is 0 Å². The lowest BCUT2D eigenvalue weighted by Crippen LogP contribution is -2.34. The van der Waals surface area contributed by atoms with Crippen LogP contribution in [0.3, 0.4) is 0 Å². The van der Waals surface area contributed by atoms with Crippen LogP contribution in [0.25, 0.3) is 0 Å². The Morgan fingerprint density at radius 1 is 1.27 bits per heavy atom. The Balaban J connectivity index is 1.88. The molecule has 1 aliphatic heterocycles. The molecule has 1 heterocycles. The smallest absolute Gasteiger partial charge is 0.317 e. The Bertz CT molecular complexity index is 633. The maximum atomic E-state index is 12.6. The normalized spacial score (nSPS) is 19.9. The first-order chi connectivity index (χ1) is 10.4. The Hall–Kier alpha value is -2.04. The first-order valence-corrected chi connectivity index (χ1v) is 7.81. The Morgan fingerprint density at radius 2 is 1.95 bits per heavy atom. The van der Waals surface area contributed by atoms with Gasteiger partial charge in [-0.25, -0.2) is 0 Å². The van der Waals surface area contributed by atoms with E-state index in [-0.39, 0.29) is 11.9 Å². The van der Waals surface area contributed by atoms with Gasteiger partial charge in [-0.05, 0) is 31.9 Å². The Kier molecular flexibility index (Phi) is 3.59. The zero-order chi connectivity index (χ0) is 15.9. The maximum Gasteiger partial charge on any atom is 0.317 e. The van der Waals surface area contributed by atoms with E-state index in [0.29, 0.717) is 23.5 Å². The number of fused-ring (bicyclic) bond motifs is 1. The zero-order valence-electron chi connectivity index (χ0n) is 13.1. The minimum atomic E-state index is -0.416. The fourth-order valence-corrected chi connectivity index (χ4v) is 3.41. The number of esters is 1. The standard InChI is InChI=1S/C17H22N2O3/c1-17(8-4-3-5-9-17)16(21)22-13-7-6-12(18)14-11(13)10-19(2)15(14)20/h6-7H,3-5,8-10,18H2,1-2H3. The molecule has 0 atom stereocenters. The molecule has 1 amide bonds. The molecule has 1 fully saturated rings. The number of hydrogen-bond acceptors (Lipinski definition) is 4. The molecule has 5 heteroatoms. The third-order valence-corrected chi connectivity index (χ3v) is 4.91. The van der Waals surface area contributed by atoms with Gasteiger partial charge < -0.3 is 15.4 Å². The number of nitrogens with zero attached hydrogens (tertiary/aromatic N) is 1. The van der Waals surface area contributed by atoms with Crippen LogP contribution in [0.15, 0.2) is 12.1 Å². The highest BCUT2D eigenvalue weighted by atomic mass is 16.5. The average Bonchev–Trinajstić information content (AvgIpc) is 2.79. The highest BCUT2D eigenvalue weighted by Crippen LogP contribution is 2.39. The van der Waals surface area contributed by atoms with E-state index in [4.69, 9.17) is 10.5 Å². The molecule has 1 aliphatic carbocycles. The molecule has 3 rings (SSSR count). The number of nitrogens with two attached hydrogens (primary N) is 1. The minimum absolute atomic E-state index is 0.116. The molecule has 0 unspecified atom stereocenters. The molecule has 1 aromatic rings. The lowest BCUT2D eigenvalue weighted by Gasteiger charge is -2.31. The second kappa shape index (κ2) is 5.30. The summed E-state index contributed by atoms with van der Waals surface area (Å²) in [4.78, 5) is 26.3. The zero-order valence-corrected chi connectivity index (χ0v) is 13.1. The first-order valence-electron chi connectivity index (χ1n) is 7.81. The monoisotopic (exact) mass is 302 g/mol. The summed E-state index contributed by atoms with van der Waals surface area (Å²) in [6, 6.07) is 3.34. The number of carbonyl (C=O) groups excluding carboxylic acids is 2. The molecule has 0 bridgehead atoms. The van der Waals surface area contributed by atoms with Gasteiger partial charge in [0, 0.05) is 18.3 Å². The summed E-state index contributed by atoms with van der Waals surface area (Å²) < 4.78 is 5.68. The number of ether oxygens (including phenoxy) is 1. The second-order valence-corrected chi connectivity index (χ2v) is 6.68. The summed E-state index contributed by atoms with van der Waals surface area (Å²) in [5.74, 6) is 0.161. The quantitative estimate of drug-likeness (QED) is 0.518. The van der Waals surface area contributed by atoms with Gasteiger partial charge in [0.1, 0.15) is 5.75 Å². The van der Waals surface area contributed by atoms with E-state index >= 15 is 0 Å². The molecule has 0 saturated heterocycles. The summed E-state index contributed by atoms with van der Waals surface area (Å²) in [5.41, 5.74) is 7.12. The van der Waals surface area contributed by atoms with Crippen molar-refractivity contribution in [2.75, 3.05) is 12.8 Å². The van der Waals surface area contributed by atoms with Crippen LogP contribution >= 0.6 is 0 Å². The molecule has 0 aromatic heterocycles. The van der Waals surface area contributed by atoms with Crippen LogP contribution in [0.2, 0.25) is 0 Å². The van der Waals surface area contributed by atoms with E-state index < -0.39 is 5.41 Å². The molecule has 118 valence electrons. The largest absolute Gasteiger partial charge is 0.426 e. The van der Waals surface area contributed by atoms with Crippen molar-refractivity contribution in [3.8, 4) is 5.75 Å². The van der Waals surface area contributed by atoms with E-state index in [1.165, 1.54) is 6.42 Å². The van der Waals surface area contributed by atoms with Gasteiger partial charge in [0.15, 0.2) is 0 Å². The first kappa shape index (κ1) is 14.9. The number of carbonyl (C=O) groups is 2. The third kappa shape index (κ3) is 2.34. The van der Waals surface area contributed by atoms with Crippen molar-refractivity contribution in [2.24, 2.45) is 5.41 Å². The molecular weight excluding hydrogens is 280 g/mol. The van der Waals surface area contributed by atoms with Crippen LogP contribution in [0.4, 0.5) is 5.69 Å². The number of nitrogen functional groups attached to an aromatic ring is 1. The average molecular weight is 302 g/mol. The molecule has 1 aromatic carbocycles. The van der Waals surface area contributed by atoms with E-state index in [9.17, 15) is 9.59 Å². The molecular formula is C17H22N2O3. The van der Waals surface area contributed by atoms with Crippen molar-refractivity contribution >= 4 is 17.6 Å². The van der Waals surface area contributed by atoms with Crippen molar-refractivity contribution in [1.82, 2.24) is 4.90 Å². The number of anilines is 1. The van der Waals surface area contributed by atoms with Gasteiger partial charge in [0.25, 0.3) is 5.91 Å². The van der Waals surface area contributed by atoms with E-state index in [1.54, 1.807) is 24.1 Å². The fourth-order valence-electron chi connectivity index (χ4n) is 3.41. The molecule has 1 saturated carbocycles. The Labute approximate surface area is 130 Å². The summed E-state index contributed by atoms with van der Waals surface area (Å²) in [6.07, 6.45) is 5.03. The van der Waals surface area contributed by atoms with Gasteiger partial charge in [-0.1, -0.05) is 19.3 Å². The van der Waals surface area contributed by atoms with Crippen LogP contribution in [0.5, 0.6) is 5.75 Å². The molecule has 2 aliphatic rings. The van der Waals surface area contributed by atoms with Gasteiger partial charge in [-0.2, -0.15) is 0 Å². The van der Waals surface area contributed by atoms with Crippen LogP contribution in [0.1, 0.15) is 54.9 Å². The summed E-state index contributed by atoms with van der Waals surface area (Å²) in [7, 11) is 1.72. The number of benzene rings is 1. The highest BCUT2D eigenvalue weighted by Gasteiger charge is 2.38. The van der Waals surface area contributed by atoms with Crippen molar-refractivity contribution in [3.05, 3.63) is 23.3 Å². The minimum Gasteiger partial charge on any atom is -0.426 e. The topological polar surface area (TPSA) is 72.6 Å². The molecule has 22 heavy (non-hydrogen) atoms. The van der Waals surface area contributed by atoms with Crippen molar-refractivity contribution < 1.29 is 14.3 Å². The molecule has 0 radical (unpaired) electrons. The predicted molar refractivity (Wildman–Crippen MR) is 83.5 cm³/mol. The van der Waals surface area contributed by atoms with Gasteiger partial charge in [-0.3, -0.25) is 9.59 Å². The summed E-state index contributed by atoms with van der Waals surface area (Å²) >= 11 is 0. The van der Waals surface area contributed by atoms with E-state index in [2.05, 4.69) is 0 Å². The lowest BCUT2D eigenvalue weighted by molar-refractivity contribution is -0.146. The lowest BCUT2D eigenvalue weighted by atomic mass is 9.76. The van der Waals surface area contributed by atoms with Crippen molar-refractivity contribution in [2.45, 2.75) is 45.6 Å². The molecule has 2 N–H and O–H groups in total. The summed E-state index contributed by atoms with van der Waals surface area (Å²) in [5, 5.41) is 0. The van der Waals surface area contributed by atoms with Crippen LogP contribution in [-0.2, 0) is 11.3 Å². The van der Waals surface area contributed by atoms with Crippen LogP contribution in [0, 0.1) is 5.41 Å². The van der Waals surface area contributed by atoms with Crippen LogP contribution in [-0.4, -0.2) is 23.8 Å². The fraction of sp³-hybridized carbons (Fsp3) is 0.529. The van der Waals surface area contributed by atoms with Gasteiger partial charge >= 0.3 is 5.97 Å². The van der Waals surface area contributed by atoms with Gasteiger partial charge in [0.2, 0.25) is 0 Å². The van der Waals surface area contributed by atoms with E-state index in [0.717, 1.165) is 31.2 Å². The van der Waals surface area contributed by atoms with Crippen molar-refractivity contribution in [3.63, 3.8) is 0 Å². The highest BCUT2D eigenvalue weighted by molar-refractivity contribution is 6.03. The summed E-state index contributed by atoms with van der Waals surface area (Å²) in [6.45, 7) is 2.40. The van der Waals surface area contributed by atoms with Crippen LogP contribution < -0.4 is 10.5 Å².